The summed E-state index contributed by atoms with van der Waals surface area (Å²) in [7, 11) is -3.78. The first-order valence-corrected chi connectivity index (χ1v) is 7.76. The van der Waals surface area contributed by atoms with Crippen LogP contribution < -0.4 is 16.0 Å². The second-order valence-corrected chi connectivity index (χ2v) is 7.33. The Hall–Kier alpha value is -1.23. The van der Waals surface area contributed by atoms with Crippen LogP contribution in [0, 0.1) is 16.0 Å². The maximum Gasteiger partial charge on any atom is 0.306 e. The summed E-state index contributed by atoms with van der Waals surface area (Å²) in [6, 6.07) is 0.718. The number of nitro groups is 1. The van der Waals surface area contributed by atoms with E-state index in [4.69, 9.17) is 5.84 Å². The largest absolute Gasteiger partial charge is 0.310 e. The summed E-state index contributed by atoms with van der Waals surface area (Å²) >= 11 is 0.720. The summed E-state index contributed by atoms with van der Waals surface area (Å²) < 4.78 is 26.4. The maximum atomic E-state index is 12.1. The molecule has 0 aliphatic carbocycles. The molecule has 0 amide bonds. The summed E-state index contributed by atoms with van der Waals surface area (Å²) in [6.07, 6.45) is 0. The van der Waals surface area contributed by atoms with E-state index in [9.17, 15) is 18.5 Å². The SMILES string of the molecule is CC(C)C(C)NS(=O)(=O)c1cc([N+](=O)[O-])c(NN)s1. The molecule has 0 aromatic carbocycles. The highest BCUT2D eigenvalue weighted by Gasteiger charge is 2.27. The van der Waals surface area contributed by atoms with Crippen molar-refractivity contribution in [1.29, 1.82) is 0 Å². The Morgan fingerprint density at radius 3 is 2.37 bits per heavy atom. The first-order chi connectivity index (χ1) is 8.69. The molecule has 0 aliphatic rings. The van der Waals surface area contributed by atoms with E-state index in [-0.39, 0.29) is 26.9 Å². The van der Waals surface area contributed by atoms with Crippen LogP contribution >= 0.6 is 11.3 Å². The van der Waals surface area contributed by atoms with E-state index < -0.39 is 14.9 Å². The molecule has 8 nitrogen and oxygen atoms in total. The van der Waals surface area contributed by atoms with Gasteiger partial charge in [-0.1, -0.05) is 25.2 Å². The fraction of sp³-hybridized carbons (Fsp3) is 0.556. The summed E-state index contributed by atoms with van der Waals surface area (Å²) in [5, 5.41) is 10.8. The molecule has 0 spiro atoms. The quantitative estimate of drug-likeness (QED) is 0.412. The minimum atomic E-state index is -3.78. The second kappa shape index (κ2) is 5.82. The lowest BCUT2D eigenvalue weighted by molar-refractivity contribution is -0.383. The number of nitrogens with two attached hydrogens (primary N) is 1. The van der Waals surface area contributed by atoms with Crippen LogP contribution in [0.4, 0.5) is 10.7 Å². The minimum absolute atomic E-state index is 0.00238. The number of hydrazine groups is 1. The number of hydrogen-bond donors (Lipinski definition) is 3. The number of nitrogens with one attached hydrogen (secondary N) is 2. The molecule has 1 unspecified atom stereocenters. The molecule has 1 aromatic rings. The standard InChI is InChI=1S/C9H16N4O4S2/c1-5(2)6(3)12-19(16,17)8-4-7(13(14)15)9(11-10)18-8/h4-6,11-12H,10H2,1-3H3. The van der Waals surface area contributed by atoms with Crippen molar-refractivity contribution in [3.63, 3.8) is 0 Å². The Kier molecular flexibility index (Phi) is 4.85. The molecule has 1 rings (SSSR count). The summed E-state index contributed by atoms with van der Waals surface area (Å²) in [5.41, 5.74) is 1.77. The van der Waals surface area contributed by atoms with Crippen LogP contribution in [0.1, 0.15) is 20.8 Å². The van der Waals surface area contributed by atoms with Gasteiger partial charge in [0.25, 0.3) is 10.0 Å². The molecule has 0 radical (unpaired) electrons. The van der Waals surface area contributed by atoms with Gasteiger partial charge in [-0.3, -0.25) is 10.1 Å². The van der Waals surface area contributed by atoms with Crippen molar-refractivity contribution in [2.24, 2.45) is 11.8 Å². The number of thiophene rings is 1. The van der Waals surface area contributed by atoms with Gasteiger partial charge in [-0.05, 0) is 12.8 Å². The molecule has 0 aliphatic heterocycles. The topological polar surface area (TPSA) is 127 Å². The predicted octanol–water partition coefficient (Wildman–Crippen LogP) is 1.26. The number of hydrogen-bond acceptors (Lipinski definition) is 7. The van der Waals surface area contributed by atoms with Crippen LogP contribution in [-0.4, -0.2) is 19.4 Å². The van der Waals surface area contributed by atoms with Gasteiger partial charge < -0.3 is 5.43 Å². The van der Waals surface area contributed by atoms with E-state index in [1.165, 1.54) is 0 Å². The molecule has 108 valence electrons. The molecule has 4 N–H and O–H groups in total. The van der Waals surface area contributed by atoms with Crippen molar-refractivity contribution in [2.75, 3.05) is 5.43 Å². The molecule has 0 saturated heterocycles. The number of rotatable bonds is 6. The first-order valence-electron chi connectivity index (χ1n) is 5.46. The molecule has 0 saturated carbocycles. The van der Waals surface area contributed by atoms with Gasteiger partial charge in [0, 0.05) is 12.1 Å². The number of sulfonamides is 1. The zero-order chi connectivity index (χ0) is 14.8. The van der Waals surface area contributed by atoms with Gasteiger partial charge in [0.2, 0.25) is 0 Å². The Labute approximate surface area is 115 Å². The van der Waals surface area contributed by atoms with Crippen molar-refractivity contribution in [2.45, 2.75) is 31.0 Å². The number of nitrogen functional groups attached to an aromatic ring is 1. The lowest BCUT2D eigenvalue weighted by atomic mass is 10.1. The predicted molar refractivity (Wildman–Crippen MR) is 73.4 cm³/mol. The summed E-state index contributed by atoms with van der Waals surface area (Å²) in [6.45, 7) is 5.47. The fourth-order valence-corrected chi connectivity index (χ4v) is 3.82. The summed E-state index contributed by atoms with van der Waals surface area (Å²) in [4.78, 5) is 10.1. The van der Waals surface area contributed by atoms with Crippen molar-refractivity contribution in [1.82, 2.24) is 4.72 Å². The minimum Gasteiger partial charge on any atom is -0.310 e. The van der Waals surface area contributed by atoms with Gasteiger partial charge in [0.15, 0.2) is 5.00 Å². The third-order valence-electron chi connectivity index (χ3n) is 2.62. The van der Waals surface area contributed by atoms with Crippen LogP contribution in [-0.2, 0) is 10.0 Å². The van der Waals surface area contributed by atoms with Crippen molar-refractivity contribution in [3.05, 3.63) is 16.2 Å². The third kappa shape index (κ3) is 3.62. The van der Waals surface area contributed by atoms with Crippen LogP contribution in [0.2, 0.25) is 0 Å². The Morgan fingerprint density at radius 1 is 1.42 bits per heavy atom. The number of nitrogens with zero attached hydrogens (tertiary/aromatic N) is 1. The van der Waals surface area contributed by atoms with Crippen molar-refractivity contribution >= 4 is 32.0 Å². The second-order valence-electron chi connectivity index (χ2n) is 4.34. The van der Waals surface area contributed by atoms with Crippen LogP contribution in [0.15, 0.2) is 10.3 Å². The molecule has 1 heterocycles. The average molecular weight is 308 g/mol. The van der Waals surface area contributed by atoms with Gasteiger partial charge in [-0.15, -0.1) is 0 Å². The monoisotopic (exact) mass is 308 g/mol. The van der Waals surface area contributed by atoms with Gasteiger partial charge in [0.1, 0.15) is 4.21 Å². The maximum absolute atomic E-state index is 12.1. The fourth-order valence-electron chi connectivity index (χ4n) is 1.17. The van der Waals surface area contributed by atoms with Crippen LogP contribution in [0.5, 0.6) is 0 Å². The number of anilines is 1. The molecular formula is C9H16N4O4S2. The lowest BCUT2D eigenvalue weighted by Crippen LogP contribution is -2.35. The molecule has 0 bridgehead atoms. The van der Waals surface area contributed by atoms with Crippen molar-refractivity contribution < 1.29 is 13.3 Å². The molecule has 0 fully saturated rings. The van der Waals surface area contributed by atoms with E-state index in [2.05, 4.69) is 10.1 Å². The van der Waals surface area contributed by atoms with E-state index in [0.717, 1.165) is 17.4 Å². The van der Waals surface area contributed by atoms with Gasteiger partial charge in [-0.2, -0.15) is 0 Å². The van der Waals surface area contributed by atoms with E-state index in [1.807, 2.05) is 13.8 Å². The zero-order valence-electron chi connectivity index (χ0n) is 10.7. The molecule has 19 heavy (non-hydrogen) atoms. The zero-order valence-corrected chi connectivity index (χ0v) is 12.3. The molecule has 1 atom stereocenters. The first kappa shape index (κ1) is 15.8. The lowest BCUT2D eigenvalue weighted by Gasteiger charge is -2.16. The van der Waals surface area contributed by atoms with Gasteiger partial charge >= 0.3 is 5.69 Å². The average Bonchev–Trinajstić information content (AvgIpc) is 2.72. The normalized spacial score (nSPS) is 13.5. The van der Waals surface area contributed by atoms with Crippen molar-refractivity contribution in [3.8, 4) is 0 Å². The van der Waals surface area contributed by atoms with E-state index in [0.29, 0.717) is 0 Å². The Bertz CT molecular complexity index is 567. The highest BCUT2D eigenvalue weighted by molar-refractivity contribution is 7.91. The molecular weight excluding hydrogens is 292 g/mol. The van der Waals surface area contributed by atoms with E-state index in [1.54, 1.807) is 6.92 Å². The summed E-state index contributed by atoms with van der Waals surface area (Å²) in [5.74, 6) is 5.24. The molecule has 1 aromatic heterocycles. The molecule has 10 heteroatoms. The van der Waals surface area contributed by atoms with Gasteiger partial charge in [0.05, 0.1) is 4.92 Å². The van der Waals surface area contributed by atoms with E-state index >= 15 is 0 Å². The Balaban J connectivity index is 3.12. The third-order valence-corrected chi connectivity index (χ3v) is 5.71. The highest BCUT2D eigenvalue weighted by atomic mass is 32.2. The van der Waals surface area contributed by atoms with Gasteiger partial charge in [-0.25, -0.2) is 19.0 Å². The highest BCUT2D eigenvalue weighted by Crippen LogP contribution is 2.36. The van der Waals surface area contributed by atoms with Crippen LogP contribution in [0.25, 0.3) is 0 Å². The smallest absolute Gasteiger partial charge is 0.306 e. The Morgan fingerprint density at radius 2 is 2.00 bits per heavy atom. The van der Waals surface area contributed by atoms with Crippen LogP contribution in [0.3, 0.4) is 0 Å².